The largest absolute Gasteiger partial charge is 0.481 e. The number of hydrogen-bond donors (Lipinski definition) is 1. The van der Waals surface area contributed by atoms with Gasteiger partial charge in [-0.2, -0.15) is 0 Å². The monoisotopic (exact) mass is 507 g/mol. The molecule has 0 saturated carbocycles. The van der Waals surface area contributed by atoms with E-state index in [1.165, 1.54) is 22.1 Å². The number of carbonyl (C=O) groups is 2. The van der Waals surface area contributed by atoms with Gasteiger partial charge >= 0.3 is 5.97 Å². The Balaban J connectivity index is 1.49. The van der Waals surface area contributed by atoms with E-state index in [2.05, 4.69) is 66.7 Å². The van der Waals surface area contributed by atoms with Crippen LogP contribution in [0.25, 0.3) is 10.8 Å². The van der Waals surface area contributed by atoms with Crippen LogP contribution in [0.15, 0.2) is 97.1 Å². The lowest BCUT2D eigenvalue weighted by molar-refractivity contribution is -0.137. The highest BCUT2D eigenvalue weighted by molar-refractivity contribution is 5.92. The molecule has 0 aliphatic rings. The van der Waals surface area contributed by atoms with E-state index in [1.807, 2.05) is 42.3 Å². The second-order valence-electron chi connectivity index (χ2n) is 10.1. The van der Waals surface area contributed by atoms with Crippen molar-refractivity contribution in [3.8, 4) is 0 Å². The Morgan fingerprint density at radius 3 is 2.05 bits per heavy atom. The number of carbonyl (C=O) groups excluding carboxylic acids is 1. The molecule has 0 bridgehead atoms. The lowest BCUT2D eigenvalue weighted by Crippen LogP contribution is -2.30. The standard InChI is InChI=1S/C34H37NO3/c1-35(23-22-26-12-4-2-5-13-26)33(36)25-30-21-20-29(31-17-9-10-18-32(30)31)24-28(16-8-11-19-34(37)38)27-14-6-3-7-15-27/h2-7,9-10,12-15,17-18,20-21,28H,8,11,16,19,22-25H2,1H3,(H,37,38). The van der Waals surface area contributed by atoms with Crippen LogP contribution in [0.5, 0.6) is 0 Å². The van der Waals surface area contributed by atoms with Gasteiger partial charge in [0.15, 0.2) is 0 Å². The molecule has 4 nitrogen and oxygen atoms in total. The molecule has 38 heavy (non-hydrogen) atoms. The maximum atomic E-state index is 13.1. The van der Waals surface area contributed by atoms with Crippen molar-refractivity contribution in [2.24, 2.45) is 0 Å². The van der Waals surface area contributed by atoms with Gasteiger partial charge in [0.25, 0.3) is 0 Å². The molecule has 4 aromatic rings. The van der Waals surface area contributed by atoms with Gasteiger partial charge in [-0.15, -0.1) is 0 Å². The quantitative estimate of drug-likeness (QED) is 0.197. The minimum absolute atomic E-state index is 0.124. The van der Waals surface area contributed by atoms with Gasteiger partial charge in [-0.05, 0) is 64.6 Å². The van der Waals surface area contributed by atoms with Crippen LogP contribution in [0, 0.1) is 0 Å². The van der Waals surface area contributed by atoms with Crippen LogP contribution >= 0.6 is 0 Å². The lowest BCUT2D eigenvalue weighted by atomic mass is 9.85. The topological polar surface area (TPSA) is 57.6 Å². The van der Waals surface area contributed by atoms with Gasteiger partial charge in [-0.25, -0.2) is 0 Å². The molecule has 1 atom stereocenters. The predicted octanol–water partition coefficient (Wildman–Crippen LogP) is 7.05. The predicted molar refractivity (Wildman–Crippen MR) is 154 cm³/mol. The number of hydrogen-bond acceptors (Lipinski definition) is 2. The zero-order chi connectivity index (χ0) is 26.7. The third-order valence-electron chi connectivity index (χ3n) is 7.38. The Kier molecular flexibility index (Phi) is 9.69. The first-order valence-corrected chi connectivity index (χ1v) is 13.6. The van der Waals surface area contributed by atoms with Gasteiger partial charge in [-0.1, -0.05) is 103 Å². The molecular formula is C34H37NO3. The maximum Gasteiger partial charge on any atom is 0.303 e. The molecule has 0 saturated heterocycles. The summed E-state index contributed by atoms with van der Waals surface area (Å²) in [6.45, 7) is 0.694. The fourth-order valence-electron chi connectivity index (χ4n) is 5.16. The molecule has 0 radical (unpaired) electrons. The molecule has 0 aliphatic heterocycles. The van der Waals surface area contributed by atoms with Crippen LogP contribution < -0.4 is 0 Å². The fraction of sp³-hybridized carbons (Fsp3) is 0.294. The number of carboxylic acid groups (broad SMARTS) is 1. The number of aliphatic carboxylic acids is 1. The number of fused-ring (bicyclic) bond motifs is 1. The molecule has 0 heterocycles. The highest BCUT2D eigenvalue weighted by Gasteiger charge is 2.17. The first kappa shape index (κ1) is 27.1. The van der Waals surface area contributed by atoms with E-state index in [4.69, 9.17) is 5.11 Å². The van der Waals surface area contributed by atoms with E-state index in [0.29, 0.717) is 25.3 Å². The second-order valence-corrected chi connectivity index (χ2v) is 10.1. The number of nitrogens with zero attached hydrogens (tertiary/aromatic N) is 1. The zero-order valence-corrected chi connectivity index (χ0v) is 22.2. The van der Waals surface area contributed by atoms with Crippen molar-refractivity contribution in [2.45, 2.75) is 50.9 Å². The third-order valence-corrected chi connectivity index (χ3v) is 7.38. The Bertz CT molecular complexity index is 1330. The first-order valence-electron chi connectivity index (χ1n) is 13.6. The summed E-state index contributed by atoms with van der Waals surface area (Å²) in [5.74, 6) is -0.299. The summed E-state index contributed by atoms with van der Waals surface area (Å²) in [6.07, 6.45) is 4.83. The van der Waals surface area contributed by atoms with Crippen molar-refractivity contribution < 1.29 is 14.7 Å². The van der Waals surface area contributed by atoms with E-state index < -0.39 is 5.97 Å². The smallest absolute Gasteiger partial charge is 0.303 e. The molecule has 1 amide bonds. The molecule has 0 fully saturated rings. The molecule has 0 aromatic heterocycles. The Morgan fingerprint density at radius 2 is 1.37 bits per heavy atom. The van der Waals surface area contributed by atoms with Gasteiger partial charge in [0.2, 0.25) is 5.91 Å². The SMILES string of the molecule is CN(CCc1ccccc1)C(=O)Cc1ccc(CC(CCCCC(=O)O)c2ccccc2)c2ccccc12. The van der Waals surface area contributed by atoms with Gasteiger partial charge < -0.3 is 10.0 Å². The molecule has 0 aliphatic carbocycles. The Labute approximate surface area is 225 Å². The van der Waals surface area contributed by atoms with E-state index in [0.717, 1.165) is 36.6 Å². The van der Waals surface area contributed by atoms with Crippen molar-refractivity contribution >= 4 is 22.6 Å². The summed E-state index contributed by atoms with van der Waals surface area (Å²) in [4.78, 5) is 25.9. The number of benzene rings is 4. The minimum Gasteiger partial charge on any atom is -0.481 e. The van der Waals surface area contributed by atoms with Crippen molar-refractivity contribution in [3.05, 3.63) is 119 Å². The van der Waals surface area contributed by atoms with Crippen LogP contribution in [-0.4, -0.2) is 35.5 Å². The number of amides is 1. The molecule has 4 heteroatoms. The zero-order valence-electron chi connectivity index (χ0n) is 22.2. The number of rotatable bonds is 13. The molecule has 196 valence electrons. The van der Waals surface area contributed by atoms with E-state index in [-0.39, 0.29) is 12.3 Å². The lowest BCUT2D eigenvalue weighted by Gasteiger charge is -2.21. The highest BCUT2D eigenvalue weighted by atomic mass is 16.4. The summed E-state index contributed by atoms with van der Waals surface area (Å²) in [7, 11) is 1.89. The van der Waals surface area contributed by atoms with E-state index in [1.54, 1.807) is 0 Å². The highest BCUT2D eigenvalue weighted by Crippen LogP contribution is 2.31. The molecule has 4 rings (SSSR count). The summed E-state index contributed by atoms with van der Waals surface area (Å²) >= 11 is 0. The maximum absolute atomic E-state index is 13.1. The third kappa shape index (κ3) is 7.55. The summed E-state index contributed by atoms with van der Waals surface area (Å²) in [6, 6.07) is 33.5. The Hall–Kier alpha value is -3.92. The molecule has 0 spiro atoms. The van der Waals surface area contributed by atoms with Crippen LogP contribution in [0.1, 0.15) is 53.9 Å². The average molecular weight is 508 g/mol. The second kappa shape index (κ2) is 13.6. The van der Waals surface area contributed by atoms with Crippen LogP contribution in [0.3, 0.4) is 0 Å². The van der Waals surface area contributed by atoms with Crippen LogP contribution in [-0.2, 0) is 28.9 Å². The van der Waals surface area contributed by atoms with Crippen molar-refractivity contribution in [1.82, 2.24) is 4.90 Å². The van der Waals surface area contributed by atoms with Gasteiger partial charge in [0, 0.05) is 20.0 Å². The summed E-state index contributed by atoms with van der Waals surface area (Å²) in [5.41, 5.74) is 4.84. The summed E-state index contributed by atoms with van der Waals surface area (Å²) in [5, 5.41) is 11.3. The van der Waals surface area contributed by atoms with Gasteiger partial charge in [0.1, 0.15) is 0 Å². The minimum atomic E-state index is -0.733. The summed E-state index contributed by atoms with van der Waals surface area (Å²) < 4.78 is 0. The number of carboxylic acids is 1. The van der Waals surface area contributed by atoms with Gasteiger partial charge in [-0.3, -0.25) is 9.59 Å². The molecule has 1 unspecified atom stereocenters. The molecular weight excluding hydrogens is 470 g/mol. The van der Waals surface area contributed by atoms with Crippen molar-refractivity contribution in [2.75, 3.05) is 13.6 Å². The van der Waals surface area contributed by atoms with E-state index >= 15 is 0 Å². The van der Waals surface area contributed by atoms with Crippen LogP contribution in [0.2, 0.25) is 0 Å². The molecule has 1 N–H and O–H groups in total. The first-order chi connectivity index (χ1) is 18.5. The van der Waals surface area contributed by atoms with Crippen molar-refractivity contribution in [1.29, 1.82) is 0 Å². The Morgan fingerprint density at radius 1 is 0.763 bits per heavy atom. The fourth-order valence-corrected chi connectivity index (χ4v) is 5.16. The number of likely N-dealkylation sites (N-methyl/N-ethyl adjacent to an activating group) is 1. The van der Waals surface area contributed by atoms with Gasteiger partial charge in [0.05, 0.1) is 6.42 Å². The van der Waals surface area contributed by atoms with E-state index in [9.17, 15) is 9.59 Å². The van der Waals surface area contributed by atoms with Crippen molar-refractivity contribution in [3.63, 3.8) is 0 Å². The number of unbranched alkanes of at least 4 members (excludes halogenated alkanes) is 1. The average Bonchev–Trinajstić information content (AvgIpc) is 2.95. The van der Waals surface area contributed by atoms with Crippen LogP contribution in [0.4, 0.5) is 0 Å². The normalized spacial score (nSPS) is 11.8. The molecule has 4 aromatic carbocycles.